The van der Waals surface area contributed by atoms with Gasteiger partial charge in [0.15, 0.2) is 5.78 Å². The first-order valence-corrected chi connectivity index (χ1v) is 3.76. The third-order valence-corrected chi connectivity index (χ3v) is 1.27. The summed E-state index contributed by atoms with van der Waals surface area (Å²) in [6, 6.07) is 0. The van der Waals surface area contributed by atoms with Gasteiger partial charge in [0, 0.05) is 13.5 Å². The van der Waals surface area contributed by atoms with Gasteiger partial charge in [0.1, 0.15) is 0 Å². The second-order valence-corrected chi connectivity index (χ2v) is 2.61. The molecule has 2 heteroatoms. The summed E-state index contributed by atoms with van der Waals surface area (Å²) in [7, 11) is 1.64. The van der Waals surface area contributed by atoms with Crippen LogP contribution in [0.25, 0.3) is 0 Å². The molecule has 11 heavy (non-hydrogen) atoms. The molecule has 0 N–H and O–H groups in total. The summed E-state index contributed by atoms with van der Waals surface area (Å²) < 4.78 is 0. The summed E-state index contributed by atoms with van der Waals surface area (Å²) >= 11 is 0. The average molecular weight is 153 g/mol. The van der Waals surface area contributed by atoms with E-state index in [0.29, 0.717) is 12.1 Å². The quantitative estimate of drug-likeness (QED) is 0.570. The number of aliphatic imine (C=N–C) groups is 1. The van der Waals surface area contributed by atoms with Crippen molar-refractivity contribution in [3.05, 3.63) is 11.6 Å². The Balaban J connectivity index is 4.45. The monoisotopic (exact) mass is 153 g/mol. The highest BCUT2D eigenvalue weighted by Gasteiger charge is 2.03. The molecule has 0 aliphatic rings. The van der Waals surface area contributed by atoms with Crippen molar-refractivity contribution in [2.45, 2.75) is 27.2 Å². The standard InChI is InChI=1S/C9H15NO/c1-5-9(11)8(10-4)6-7(2)3/h6H,5H2,1-4H3/b10-8+. The van der Waals surface area contributed by atoms with Gasteiger partial charge in [-0.15, -0.1) is 0 Å². The number of hydrogen-bond donors (Lipinski definition) is 0. The molecule has 0 unspecified atom stereocenters. The molecule has 0 aromatic heterocycles. The van der Waals surface area contributed by atoms with Crippen LogP contribution in [0.2, 0.25) is 0 Å². The van der Waals surface area contributed by atoms with E-state index >= 15 is 0 Å². The Morgan fingerprint density at radius 3 is 2.27 bits per heavy atom. The number of Topliss-reactive ketones (excluding diaryl/α,β-unsaturated/α-hetero) is 1. The molecule has 0 radical (unpaired) electrons. The number of rotatable bonds is 3. The first kappa shape index (κ1) is 10.1. The van der Waals surface area contributed by atoms with Gasteiger partial charge in [0.05, 0.1) is 5.71 Å². The van der Waals surface area contributed by atoms with E-state index < -0.39 is 0 Å². The van der Waals surface area contributed by atoms with Gasteiger partial charge >= 0.3 is 0 Å². The van der Waals surface area contributed by atoms with E-state index in [4.69, 9.17) is 0 Å². The van der Waals surface area contributed by atoms with Crippen LogP contribution in [0.1, 0.15) is 27.2 Å². The number of carbonyl (C=O) groups excluding carboxylic acids is 1. The Bertz CT molecular complexity index is 198. The van der Waals surface area contributed by atoms with E-state index in [0.717, 1.165) is 5.57 Å². The van der Waals surface area contributed by atoms with Crippen molar-refractivity contribution in [3.63, 3.8) is 0 Å². The molecule has 0 saturated carbocycles. The molecule has 0 aliphatic carbocycles. The Morgan fingerprint density at radius 2 is 2.00 bits per heavy atom. The van der Waals surface area contributed by atoms with Crippen LogP contribution < -0.4 is 0 Å². The summed E-state index contributed by atoms with van der Waals surface area (Å²) in [5.74, 6) is 0.105. The summed E-state index contributed by atoms with van der Waals surface area (Å²) in [5.41, 5.74) is 1.68. The summed E-state index contributed by atoms with van der Waals surface area (Å²) in [6.07, 6.45) is 2.34. The molecule has 0 spiro atoms. The molecule has 0 aromatic rings. The molecule has 0 saturated heterocycles. The van der Waals surface area contributed by atoms with E-state index in [2.05, 4.69) is 4.99 Å². The van der Waals surface area contributed by atoms with Crippen molar-refractivity contribution in [3.8, 4) is 0 Å². The van der Waals surface area contributed by atoms with Crippen LogP contribution >= 0.6 is 0 Å². The number of allylic oxidation sites excluding steroid dienone is 2. The summed E-state index contributed by atoms with van der Waals surface area (Å²) in [5, 5.41) is 0. The zero-order valence-corrected chi connectivity index (χ0v) is 7.64. The molecule has 0 aliphatic heterocycles. The summed E-state index contributed by atoms with van der Waals surface area (Å²) in [4.78, 5) is 15.0. The SMILES string of the molecule is CCC(=O)/C(C=C(C)C)=N/C. The molecule has 0 bridgehead atoms. The predicted molar refractivity (Wildman–Crippen MR) is 48.1 cm³/mol. The number of nitrogens with zero attached hydrogens (tertiary/aromatic N) is 1. The Morgan fingerprint density at radius 1 is 1.45 bits per heavy atom. The molecule has 2 nitrogen and oxygen atoms in total. The van der Waals surface area contributed by atoms with Crippen molar-refractivity contribution in [2.75, 3.05) is 7.05 Å². The minimum absolute atomic E-state index is 0.105. The lowest BCUT2D eigenvalue weighted by Gasteiger charge is -1.96. The van der Waals surface area contributed by atoms with Gasteiger partial charge in [0.25, 0.3) is 0 Å². The number of carbonyl (C=O) groups is 1. The molecule has 0 amide bonds. The van der Waals surface area contributed by atoms with Gasteiger partial charge < -0.3 is 0 Å². The zero-order chi connectivity index (χ0) is 8.85. The van der Waals surface area contributed by atoms with Crippen LogP contribution in [0.4, 0.5) is 0 Å². The average Bonchev–Trinajstić information content (AvgIpc) is 1.98. The number of ketones is 1. The maximum Gasteiger partial charge on any atom is 0.180 e. The largest absolute Gasteiger partial charge is 0.292 e. The lowest BCUT2D eigenvalue weighted by molar-refractivity contribution is -0.112. The van der Waals surface area contributed by atoms with Gasteiger partial charge in [-0.05, 0) is 19.9 Å². The first-order valence-electron chi connectivity index (χ1n) is 3.76. The van der Waals surface area contributed by atoms with E-state index in [1.807, 2.05) is 26.8 Å². The van der Waals surface area contributed by atoms with Gasteiger partial charge in [-0.25, -0.2) is 0 Å². The van der Waals surface area contributed by atoms with Gasteiger partial charge in [-0.1, -0.05) is 12.5 Å². The smallest absolute Gasteiger partial charge is 0.180 e. The maximum atomic E-state index is 11.1. The highest BCUT2D eigenvalue weighted by atomic mass is 16.1. The molecule has 0 atom stereocenters. The fraction of sp³-hybridized carbons (Fsp3) is 0.556. The molecule has 0 rings (SSSR count). The highest BCUT2D eigenvalue weighted by molar-refractivity contribution is 6.44. The number of hydrogen-bond acceptors (Lipinski definition) is 2. The molecular weight excluding hydrogens is 138 g/mol. The van der Waals surface area contributed by atoms with Gasteiger partial charge in [-0.3, -0.25) is 9.79 Å². The van der Waals surface area contributed by atoms with Crippen molar-refractivity contribution in [2.24, 2.45) is 4.99 Å². The Labute approximate surface area is 68.0 Å². The minimum atomic E-state index is 0.105. The van der Waals surface area contributed by atoms with Gasteiger partial charge in [0.2, 0.25) is 0 Å². The van der Waals surface area contributed by atoms with Crippen LogP contribution in [0.15, 0.2) is 16.6 Å². The fourth-order valence-corrected chi connectivity index (χ4v) is 0.724. The van der Waals surface area contributed by atoms with Crippen LogP contribution in [0.5, 0.6) is 0 Å². The molecule has 62 valence electrons. The van der Waals surface area contributed by atoms with Crippen molar-refractivity contribution in [1.82, 2.24) is 0 Å². The zero-order valence-electron chi connectivity index (χ0n) is 7.64. The van der Waals surface area contributed by atoms with E-state index in [1.54, 1.807) is 7.05 Å². The normalized spacial score (nSPS) is 11.1. The third kappa shape index (κ3) is 3.71. The van der Waals surface area contributed by atoms with Crippen LogP contribution in [-0.4, -0.2) is 18.5 Å². The first-order chi connectivity index (χ1) is 5.11. The predicted octanol–water partition coefficient (Wildman–Crippen LogP) is 2.00. The lowest BCUT2D eigenvalue weighted by atomic mass is 10.1. The second kappa shape index (κ2) is 4.83. The van der Waals surface area contributed by atoms with Crippen molar-refractivity contribution < 1.29 is 4.79 Å². The third-order valence-electron chi connectivity index (χ3n) is 1.27. The van der Waals surface area contributed by atoms with E-state index in [9.17, 15) is 4.79 Å². The molecule has 0 aromatic carbocycles. The fourth-order valence-electron chi connectivity index (χ4n) is 0.724. The molecular formula is C9H15NO. The minimum Gasteiger partial charge on any atom is -0.292 e. The Kier molecular flexibility index (Phi) is 4.42. The van der Waals surface area contributed by atoms with Crippen molar-refractivity contribution in [1.29, 1.82) is 0 Å². The lowest BCUT2D eigenvalue weighted by Crippen LogP contribution is -2.09. The topological polar surface area (TPSA) is 29.4 Å². The van der Waals surface area contributed by atoms with Crippen LogP contribution in [0.3, 0.4) is 0 Å². The highest BCUT2D eigenvalue weighted by Crippen LogP contribution is 1.94. The van der Waals surface area contributed by atoms with Gasteiger partial charge in [-0.2, -0.15) is 0 Å². The van der Waals surface area contributed by atoms with E-state index in [1.165, 1.54) is 0 Å². The molecule has 0 fully saturated rings. The Hall–Kier alpha value is -0.920. The van der Waals surface area contributed by atoms with E-state index in [-0.39, 0.29) is 5.78 Å². The summed E-state index contributed by atoms with van der Waals surface area (Å²) in [6.45, 7) is 5.74. The second-order valence-electron chi connectivity index (χ2n) is 2.61. The van der Waals surface area contributed by atoms with Crippen LogP contribution in [-0.2, 0) is 4.79 Å². The van der Waals surface area contributed by atoms with Crippen LogP contribution in [0, 0.1) is 0 Å². The van der Waals surface area contributed by atoms with Crippen molar-refractivity contribution >= 4 is 11.5 Å². The molecule has 0 heterocycles. The maximum absolute atomic E-state index is 11.1.